The molecule has 0 saturated carbocycles. The molecule has 1 saturated heterocycles. The first-order chi connectivity index (χ1) is 6.03. The van der Waals surface area contributed by atoms with E-state index in [2.05, 4.69) is 5.32 Å². The quantitative estimate of drug-likeness (QED) is 0.696. The predicted molar refractivity (Wildman–Crippen MR) is 42.2 cm³/mol. The van der Waals surface area contributed by atoms with E-state index in [4.69, 9.17) is 5.11 Å². The highest BCUT2D eigenvalue weighted by Gasteiger charge is 2.36. The van der Waals surface area contributed by atoms with Crippen LogP contribution in [0.3, 0.4) is 0 Å². The third-order valence-electron chi connectivity index (χ3n) is 2.49. The van der Waals surface area contributed by atoms with Crippen LogP contribution < -0.4 is 5.32 Å². The molecule has 0 aromatic heterocycles. The van der Waals surface area contributed by atoms with Gasteiger partial charge in [0.1, 0.15) is 0 Å². The fourth-order valence-corrected chi connectivity index (χ4v) is 1.76. The summed E-state index contributed by atoms with van der Waals surface area (Å²) in [6.45, 7) is 0.961. The number of aliphatic hydroxyl groups is 1. The van der Waals surface area contributed by atoms with Gasteiger partial charge in [-0.25, -0.2) is 0 Å². The van der Waals surface area contributed by atoms with Crippen LogP contribution in [0.4, 0.5) is 13.2 Å². The van der Waals surface area contributed by atoms with E-state index in [1.807, 2.05) is 0 Å². The molecule has 78 valence electrons. The Hall–Kier alpha value is -0.290. The van der Waals surface area contributed by atoms with E-state index in [1.165, 1.54) is 0 Å². The lowest BCUT2D eigenvalue weighted by atomic mass is 9.84. The van der Waals surface area contributed by atoms with Crippen LogP contribution in [0.1, 0.15) is 12.8 Å². The molecule has 2 nitrogen and oxygen atoms in total. The van der Waals surface area contributed by atoms with Gasteiger partial charge in [0.05, 0.1) is 0 Å². The standard InChI is InChI=1S/C8H14F3NO/c9-8(10,11)3-6-1-2-12-4-7(6)5-13/h6-7,12-13H,1-5H2. The highest BCUT2D eigenvalue weighted by molar-refractivity contribution is 4.79. The highest BCUT2D eigenvalue weighted by atomic mass is 19.4. The summed E-state index contributed by atoms with van der Waals surface area (Å²) in [5.74, 6) is -0.651. The summed E-state index contributed by atoms with van der Waals surface area (Å²) < 4.78 is 36.1. The SMILES string of the molecule is OCC1CNCCC1CC(F)(F)F. The van der Waals surface area contributed by atoms with Crippen molar-refractivity contribution >= 4 is 0 Å². The van der Waals surface area contributed by atoms with Gasteiger partial charge in [0.25, 0.3) is 0 Å². The summed E-state index contributed by atoms with van der Waals surface area (Å²) >= 11 is 0. The summed E-state index contributed by atoms with van der Waals surface area (Å²) in [6, 6.07) is 0. The average molecular weight is 197 g/mol. The summed E-state index contributed by atoms with van der Waals surface area (Å²) in [5, 5.41) is 11.8. The molecule has 2 unspecified atom stereocenters. The third-order valence-corrected chi connectivity index (χ3v) is 2.49. The Morgan fingerprint density at radius 3 is 2.54 bits per heavy atom. The number of rotatable bonds is 2. The second-order valence-corrected chi connectivity index (χ2v) is 3.51. The molecule has 13 heavy (non-hydrogen) atoms. The molecule has 0 aromatic rings. The number of nitrogens with one attached hydrogen (secondary N) is 1. The molecule has 0 bridgehead atoms. The van der Waals surface area contributed by atoms with Crippen molar-refractivity contribution in [2.75, 3.05) is 19.7 Å². The maximum Gasteiger partial charge on any atom is 0.389 e. The predicted octanol–water partition coefficient (Wildman–Crippen LogP) is 1.16. The number of hydrogen-bond acceptors (Lipinski definition) is 2. The van der Waals surface area contributed by atoms with Crippen molar-refractivity contribution in [2.24, 2.45) is 11.8 Å². The molecule has 2 atom stereocenters. The summed E-state index contributed by atoms with van der Waals surface area (Å²) in [6.07, 6.45) is -4.36. The lowest BCUT2D eigenvalue weighted by molar-refractivity contribution is -0.151. The second kappa shape index (κ2) is 4.28. The van der Waals surface area contributed by atoms with Crippen molar-refractivity contribution < 1.29 is 18.3 Å². The Balaban J connectivity index is 2.45. The zero-order valence-electron chi connectivity index (χ0n) is 7.27. The Bertz CT molecular complexity index is 160. The minimum Gasteiger partial charge on any atom is -0.396 e. The van der Waals surface area contributed by atoms with Crippen molar-refractivity contribution in [1.82, 2.24) is 5.32 Å². The molecule has 1 rings (SSSR count). The molecule has 1 aliphatic heterocycles. The Labute approximate surface area is 75.1 Å². The van der Waals surface area contributed by atoms with Gasteiger partial charge >= 0.3 is 6.18 Å². The van der Waals surface area contributed by atoms with Crippen LogP contribution >= 0.6 is 0 Å². The van der Waals surface area contributed by atoms with Crippen LogP contribution in [-0.4, -0.2) is 31.0 Å². The van der Waals surface area contributed by atoms with Crippen LogP contribution in [0.15, 0.2) is 0 Å². The average Bonchev–Trinajstić information content (AvgIpc) is 2.02. The summed E-state index contributed by atoms with van der Waals surface area (Å²) in [7, 11) is 0. The smallest absolute Gasteiger partial charge is 0.389 e. The minimum absolute atomic E-state index is 0.159. The molecular formula is C8H14F3NO. The Morgan fingerprint density at radius 1 is 1.31 bits per heavy atom. The molecule has 1 heterocycles. The number of alkyl halides is 3. The van der Waals surface area contributed by atoms with E-state index in [0.717, 1.165) is 0 Å². The first-order valence-corrected chi connectivity index (χ1v) is 4.41. The molecule has 0 amide bonds. The molecule has 1 fully saturated rings. The zero-order chi connectivity index (χ0) is 9.90. The van der Waals surface area contributed by atoms with Gasteiger partial charge in [-0.1, -0.05) is 0 Å². The monoisotopic (exact) mass is 197 g/mol. The third kappa shape index (κ3) is 3.52. The van der Waals surface area contributed by atoms with Crippen molar-refractivity contribution in [2.45, 2.75) is 19.0 Å². The fraction of sp³-hybridized carbons (Fsp3) is 1.00. The van der Waals surface area contributed by atoms with Crippen molar-refractivity contribution in [3.8, 4) is 0 Å². The van der Waals surface area contributed by atoms with Gasteiger partial charge in [-0.15, -0.1) is 0 Å². The van der Waals surface area contributed by atoms with E-state index in [-0.39, 0.29) is 12.5 Å². The van der Waals surface area contributed by atoms with Gasteiger partial charge in [0.2, 0.25) is 0 Å². The molecule has 0 aromatic carbocycles. The van der Waals surface area contributed by atoms with Gasteiger partial charge in [-0.3, -0.25) is 0 Å². The zero-order valence-corrected chi connectivity index (χ0v) is 7.27. The van der Waals surface area contributed by atoms with E-state index >= 15 is 0 Å². The van der Waals surface area contributed by atoms with Crippen molar-refractivity contribution in [3.63, 3.8) is 0 Å². The highest BCUT2D eigenvalue weighted by Crippen LogP contribution is 2.32. The van der Waals surface area contributed by atoms with E-state index < -0.39 is 18.5 Å². The minimum atomic E-state index is -4.10. The Kier molecular flexibility index (Phi) is 3.55. The van der Waals surface area contributed by atoms with Crippen LogP contribution in [0.2, 0.25) is 0 Å². The number of aliphatic hydroxyl groups excluding tert-OH is 1. The fourth-order valence-electron chi connectivity index (χ4n) is 1.76. The molecule has 2 N–H and O–H groups in total. The van der Waals surface area contributed by atoms with Crippen LogP contribution in [0.25, 0.3) is 0 Å². The topological polar surface area (TPSA) is 32.3 Å². The lowest BCUT2D eigenvalue weighted by Crippen LogP contribution is -2.40. The number of halogens is 3. The van der Waals surface area contributed by atoms with Gasteiger partial charge in [0, 0.05) is 19.6 Å². The van der Waals surface area contributed by atoms with Gasteiger partial charge in [-0.05, 0) is 24.8 Å². The van der Waals surface area contributed by atoms with E-state index in [1.54, 1.807) is 0 Å². The second-order valence-electron chi connectivity index (χ2n) is 3.51. The first kappa shape index (κ1) is 10.8. The first-order valence-electron chi connectivity index (χ1n) is 4.41. The van der Waals surface area contributed by atoms with Crippen LogP contribution in [-0.2, 0) is 0 Å². The van der Waals surface area contributed by atoms with Gasteiger partial charge in [0.15, 0.2) is 0 Å². The van der Waals surface area contributed by atoms with Crippen molar-refractivity contribution in [1.29, 1.82) is 0 Å². The molecule has 5 heteroatoms. The molecule has 0 aliphatic carbocycles. The normalized spacial score (nSPS) is 30.5. The van der Waals surface area contributed by atoms with Gasteiger partial charge < -0.3 is 10.4 Å². The molecule has 1 aliphatic rings. The van der Waals surface area contributed by atoms with E-state index in [0.29, 0.717) is 19.5 Å². The number of piperidine rings is 1. The van der Waals surface area contributed by atoms with Gasteiger partial charge in [-0.2, -0.15) is 13.2 Å². The largest absolute Gasteiger partial charge is 0.396 e. The lowest BCUT2D eigenvalue weighted by Gasteiger charge is -2.31. The maximum atomic E-state index is 12.0. The van der Waals surface area contributed by atoms with Crippen LogP contribution in [0.5, 0.6) is 0 Å². The number of hydrogen-bond donors (Lipinski definition) is 2. The van der Waals surface area contributed by atoms with Crippen molar-refractivity contribution in [3.05, 3.63) is 0 Å². The molecule has 0 radical (unpaired) electrons. The van der Waals surface area contributed by atoms with Crippen LogP contribution in [0, 0.1) is 11.8 Å². The Morgan fingerprint density at radius 2 is 2.00 bits per heavy atom. The molecular weight excluding hydrogens is 183 g/mol. The van der Waals surface area contributed by atoms with E-state index in [9.17, 15) is 13.2 Å². The molecule has 0 spiro atoms. The summed E-state index contributed by atoms with van der Waals surface area (Å²) in [4.78, 5) is 0. The summed E-state index contributed by atoms with van der Waals surface area (Å²) in [5.41, 5.74) is 0. The maximum absolute atomic E-state index is 12.0.